The van der Waals surface area contributed by atoms with E-state index in [-0.39, 0.29) is 11.8 Å². The molecular formula is C20H25FO4. The van der Waals surface area contributed by atoms with Crippen LogP contribution in [0.3, 0.4) is 0 Å². The summed E-state index contributed by atoms with van der Waals surface area (Å²) in [4.78, 5) is 37.1. The fourth-order valence-corrected chi connectivity index (χ4v) is 6.83. The Bertz CT molecular complexity index is 687. The predicted octanol–water partition coefficient (Wildman–Crippen LogP) is 3.39. The zero-order valence-electron chi connectivity index (χ0n) is 14.8. The van der Waals surface area contributed by atoms with Gasteiger partial charge in [0.15, 0.2) is 0 Å². The minimum absolute atomic E-state index is 0.0483. The molecule has 1 saturated heterocycles. The Labute approximate surface area is 147 Å². The van der Waals surface area contributed by atoms with Crippen molar-refractivity contribution in [3.8, 4) is 0 Å². The number of carbonyl (C=O) groups is 3. The van der Waals surface area contributed by atoms with E-state index in [4.69, 9.17) is 4.74 Å². The van der Waals surface area contributed by atoms with Gasteiger partial charge in [-0.1, -0.05) is 19.9 Å². The van der Waals surface area contributed by atoms with E-state index in [1.54, 1.807) is 6.92 Å². The lowest BCUT2D eigenvalue weighted by atomic mass is 9.46. The van der Waals surface area contributed by atoms with Crippen LogP contribution < -0.4 is 0 Å². The SMILES string of the molecule is C=C1[C@@H]2CC[C@@H]([C@]3(C)CCC[C@@]4(C)C(=O)OC(=O)[C@@H]34)[C@@](C=O)(C2)[C@H]1F. The van der Waals surface area contributed by atoms with Crippen LogP contribution >= 0.6 is 0 Å². The van der Waals surface area contributed by atoms with E-state index in [0.717, 1.165) is 19.1 Å². The molecule has 1 aliphatic heterocycles. The highest BCUT2D eigenvalue weighted by Gasteiger charge is 2.70. The van der Waals surface area contributed by atoms with E-state index in [2.05, 4.69) is 6.58 Å². The fraction of sp³-hybridized carbons (Fsp3) is 0.750. The van der Waals surface area contributed by atoms with Crippen molar-refractivity contribution in [2.75, 3.05) is 0 Å². The summed E-state index contributed by atoms with van der Waals surface area (Å²) in [6.45, 7) is 7.67. The van der Waals surface area contributed by atoms with Crippen molar-refractivity contribution in [3.05, 3.63) is 12.2 Å². The van der Waals surface area contributed by atoms with Gasteiger partial charge in [0.2, 0.25) is 0 Å². The minimum Gasteiger partial charge on any atom is -0.392 e. The summed E-state index contributed by atoms with van der Waals surface area (Å²) >= 11 is 0. The van der Waals surface area contributed by atoms with Gasteiger partial charge in [-0.2, -0.15) is 0 Å². The topological polar surface area (TPSA) is 60.4 Å². The largest absolute Gasteiger partial charge is 0.392 e. The second kappa shape index (κ2) is 5.01. The third-order valence-corrected chi connectivity index (χ3v) is 7.99. The predicted molar refractivity (Wildman–Crippen MR) is 88.0 cm³/mol. The van der Waals surface area contributed by atoms with Gasteiger partial charge in [0.25, 0.3) is 0 Å². The number of carbonyl (C=O) groups excluding carboxylic acids is 3. The molecule has 5 heteroatoms. The second-order valence-electron chi connectivity index (χ2n) is 9.12. The summed E-state index contributed by atoms with van der Waals surface area (Å²) in [6.07, 6.45) is 3.47. The number of cyclic esters (lactones) is 2. The van der Waals surface area contributed by atoms with Crippen molar-refractivity contribution >= 4 is 18.2 Å². The second-order valence-corrected chi connectivity index (χ2v) is 9.12. The van der Waals surface area contributed by atoms with Gasteiger partial charge in [-0.3, -0.25) is 9.59 Å². The molecule has 0 amide bonds. The first kappa shape index (κ1) is 16.9. The van der Waals surface area contributed by atoms with Crippen LogP contribution in [0.2, 0.25) is 0 Å². The number of hydrogen-bond acceptors (Lipinski definition) is 4. The molecule has 0 unspecified atom stereocenters. The molecule has 0 aromatic rings. The van der Waals surface area contributed by atoms with Gasteiger partial charge >= 0.3 is 11.9 Å². The third-order valence-electron chi connectivity index (χ3n) is 7.99. The van der Waals surface area contributed by atoms with E-state index in [1.807, 2.05) is 6.92 Å². The number of rotatable bonds is 2. The maximum atomic E-state index is 15.2. The van der Waals surface area contributed by atoms with Gasteiger partial charge in [0, 0.05) is 0 Å². The molecule has 136 valence electrons. The van der Waals surface area contributed by atoms with E-state index < -0.39 is 40.3 Å². The van der Waals surface area contributed by atoms with Gasteiger partial charge in [-0.25, -0.2) is 4.39 Å². The summed E-state index contributed by atoms with van der Waals surface area (Å²) in [7, 11) is 0. The van der Waals surface area contributed by atoms with Crippen molar-refractivity contribution in [1.29, 1.82) is 0 Å². The molecule has 0 spiro atoms. The van der Waals surface area contributed by atoms with Crippen molar-refractivity contribution < 1.29 is 23.5 Å². The first-order chi connectivity index (χ1) is 11.7. The highest BCUT2D eigenvalue weighted by Crippen LogP contribution is 2.67. The molecule has 4 nitrogen and oxygen atoms in total. The number of halogens is 1. The molecule has 1 heterocycles. The maximum Gasteiger partial charge on any atom is 0.320 e. The summed E-state index contributed by atoms with van der Waals surface area (Å²) in [5.74, 6) is -1.78. The van der Waals surface area contributed by atoms with Crippen LogP contribution in [0.25, 0.3) is 0 Å². The fourth-order valence-electron chi connectivity index (χ4n) is 6.83. The smallest absolute Gasteiger partial charge is 0.320 e. The summed E-state index contributed by atoms with van der Waals surface area (Å²) in [5, 5.41) is 0. The highest BCUT2D eigenvalue weighted by atomic mass is 19.1. The number of hydrogen-bond donors (Lipinski definition) is 0. The molecule has 4 aliphatic rings. The number of alkyl halides is 1. The summed E-state index contributed by atoms with van der Waals surface area (Å²) < 4.78 is 20.2. The molecule has 4 rings (SSSR count). The van der Waals surface area contributed by atoms with E-state index >= 15 is 4.39 Å². The molecule has 0 aromatic carbocycles. The minimum atomic E-state index is -1.36. The Morgan fingerprint density at radius 1 is 1.24 bits per heavy atom. The molecule has 0 radical (unpaired) electrons. The molecule has 0 N–H and O–H groups in total. The van der Waals surface area contributed by atoms with E-state index in [0.29, 0.717) is 31.3 Å². The average Bonchev–Trinajstić information content (AvgIpc) is 2.92. The number of aldehydes is 1. The number of ether oxygens (including phenoxy) is 1. The normalized spacial score (nSPS) is 52.0. The summed E-state index contributed by atoms with van der Waals surface area (Å²) in [5.41, 5.74) is -2.05. The Kier molecular flexibility index (Phi) is 3.39. The molecule has 0 aromatic heterocycles. The zero-order valence-corrected chi connectivity index (χ0v) is 14.8. The number of fused-ring (bicyclic) bond motifs is 3. The standard InChI is InChI=1S/C20H25FO4/c1-11-12-5-6-13(20(9-12,10-22)15(11)21)18(2)7-4-8-19(3)14(18)16(23)25-17(19)24/h10,12-15H,1,4-9H2,2-3H3/t12-,13+,14+,15+,18+,19-,20+/m1/s1. The molecule has 25 heavy (non-hydrogen) atoms. The molecule has 2 bridgehead atoms. The van der Waals surface area contributed by atoms with Crippen molar-refractivity contribution in [2.24, 2.45) is 34.0 Å². The average molecular weight is 348 g/mol. The maximum absolute atomic E-state index is 15.2. The van der Waals surface area contributed by atoms with Crippen LogP contribution in [0, 0.1) is 34.0 Å². The molecule has 4 fully saturated rings. The first-order valence-corrected chi connectivity index (χ1v) is 9.26. The van der Waals surface area contributed by atoms with Crippen LogP contribution in [-0.2, 0) is 19.1 Å². The Hall–Kier alpha value is -1.52. The monoisotopic (exact) mass is 348 g/mol. The van der Waals surface area contributed by atoms with Gasteiger partial charge in [-0.15, -0.1) is 0 Å². The quantitative estimate of drug-likeness (QED) is 0.332. The van der Waals surface area contributed by atoms with Crippen LogP contribution in [0.4, 0.5) is 4.39 Å². The Balaban J connectivity index is 1.82. The van der Waals surface area contributed by atoms with Crippen LogP contribution in [0.1, 0.15) is 52.4 Å². The van der Waals surface area contributed by atoms with Gasteiger partial charge < -0.3 is 9.53 Å². The lowest BCUT2D eigenvalue weighted by Gasteiger charge is -2.54. The van der Waals surface area contributed by atoms with Crippen molar-refractivity contribution in [1.82, 2.24) is 0 Å². The first-order valence-electron chi connectivity index (χ1n) is 9.26. The van der Waals surface area contributed by atoms with Gasteiger partial charge in [0.1, 0.15) is 12.5 Å². The van der Waals surface area contributed by atoms with Crippen LogP contribution in [0.15, 0.2) is 12.2 Å². The van der Waals surface area contributed by atoms with Crippen molar-refractivity contribution in [3.63, 3.8) is 0 Å². The van der Waals surface area contributed by atoms with Gasteiger partial charge in [0.05, 0.1) is 16.7 Å². The molecule has 3 aliphatic carbocycles. The Morgan fingerprint density at radius 2 is 1.96 bits per heavy atom. The van der Waals surface area contributed by atoms with Gasteiger partial charge in [-0.05, 0) is 61.9 Å². The van der Waals surface area contributed by atoms with Crippen LogP contribution in [-0.4, -0.2) is 24.4 Å². The Morgan fingerprint density at radius 3 is 2.64 bits per heavy atom. The lowest BCUT2D eigenvalue weighted by molar-refractivity contribution is -0.158. The third kappa shape index (κ3) is 1.85. The number of allylic oxidation sites excluding steroid dienone is 1. The van der Waals surface area contributed by atoms with Crippen molar-refractivity contribution in [2.45, 2.75) is 58.5 Å². The lowest BCUT2D eigenvalue weighted by Crippen LogP contribution is -2.56. The number of esters is 2. The highest BCUT2D eigenvalue weighted by molar-refractivity contribution is 5.99. The molecular weight excluding hydrogens is 323 g/mol. The van der Waals surface area contributed by atoms with E-state index in [1.165, 1.54) is 0 Å². The van der Waals surface area contributed by atoms with E-state index in [9.17, 15) is 14.4 Å². The molecule has 3 saturated carbocycles. The summed E-state index contributed by atoms with van der Waals surface area (Å²) in [6, 6.07) is 0. The van der Waals surface area contributed by atoms with Crippen LogP contribution in [0.5, 0.6) is 0 Å². The zero-order chi connectivity index (χ0) is 18.2. The molecule has 7 atom stereocenters.